The molecule has 1 aromatic heterocycles. The molecule has 6 heteroatoms. The summed E-state index contributed by atoms with van der Waals surface area (Å²) in [7, 11) is 0. The first-order chi connectivity index (χ1) is 5.79. The van der Waals surface area contributed by atoms with Crippen LogP contribution in [0.3, 0.4) is 0 Å². The van der Waals surface area contributed by atoms with Crippen molar-refractivity contribution in [1.29, 1.82) is 0 Å². The second kappa shape index (κ2) is 2.56. The maximum Gasteiger partial charge on any atom is 0.310 e. The fourth-order valence-corrected chi connectivity index (χ4v) is 1.23. The summed E-state index contributed by atoms with van der Waals surface area (Å²) in [5, 5.41) is 19.8. The quantitative estimate of drug-likeness (QED) is 0.481. The molecule has 0 aromatic carbocycles. The molecule has 0 unspecified atom stereocenters. The molecule has 1 aromatic rings. The summed E-state index contributed by atoms with van der Waals surface area (Å²) in [6, 6.07) is 0. The lowest BCUT2D eigenvalue weighted by Crippen LogP contribution is -2.40. The zero-order valence-corrected chi connectivity index (χ0v) is 6.28. The van der Waals surface area contributed by atoms with E-state index < -0.39 is 4.92 Å². The van der Waals surface area contributed by atoms with Crippen LogP contribution in [-0.2, 0) is 0 Å². The van der Waals surface area contributed by atoms with Crippen molar-refractivity contribution in [3.05, 3.63) is 22.0 Å². The Labute approximate surface area is 68.1 Å². The Morgan fingerprint density at radius 1 is 1.67 bits per heavy atom. The average molecular weight is 168 g/mol. The molecular weight excluding hydrogens is 160 g/mol. The molecule has 2 rings (SSSR count). The molecule has 0 aliphatic carbocycles. The third-order valence-electron chi connectivity index (χ3n) is 2.03. The molecule has 0 radical (unpaired) electrons. The summed E-state index contributed by atoms with van der Waals surface area (Å²) < 4.78 is 0. The Balaban J connectivity index is 2.29. The SMILES string of the molecule is O=[N+]([O-])c1cn[nH]c1C1CNC1. The molecule has 1 aliphatic heterocycles. The van der Waals surface area contributed by atoms with Gasteiger partial charge in [0.05, 0.1) is 4.92 Å². The number of rotatable bonds is 2. The van der Waals surface area contributed by atoms with Crippen molar-refractivity contribution in [3.8, 4) is 0 Å². The Morgan fingerprint density at radius 3 is 2.92 bits per heavy atom. The summed E-state index contributed by atoms with van der Waals surface area (Å²) in [6.45, 7) is 1.59. The maximum absolute atomic E-state index is 10.5. The number of hydrogen-bond donors (Lipinski definition) is 2. The Kier molecular flexibility index (Phi) is 1.54. The molecule has 1 aliphatic rings. The highest BCUT2D eigenvalue weighted by atomic mass is 16.6. The van der Waals surface area contributed by atoms with E-state index in [4.69, 9.17) is 0 Å². The van der Waals surface area contributed by atoms with Crippen molar-refractivity contribution >= 4 is 5.69 Å². The minimum Gasteiger partial charge on any atom is -0.315 e. The average Bonchev–Trinajstić information content (AvgIpc) is 2.31. The third kappa shape index (κ3) is 0.964. The van der Waals surface area contributed by atoms with Crippen molar-refractivity contribution in [3.63, 3.8) is 0 Å². The van der Waals surface area contributed by atoms with Crippen LogP contribution in [0, 0.1) is 10.1 Å². The monoisotopic (exact) mass is 168 g/mol. The molecule has 64 valence electrons. The highest BCUT2D eigenvalue weighted by Gasteiger charge is 2.28. The fraction of sp³-hybridized carbons (Fsp3) is 0.500. The maximum atomic E-state index is 10.5. The smallest absolute Gasteiger partial charge is 0.310 e. The van der Waals surface area contributed by atoms with Gasteiger partial charge in [-0.1, -0.05) is 0 Å². The highest BCUT2D eigenvalue weighted by Crippen LogP contribution is 2.25. The first-order valence-corrected chi connectivity index (χ1v) is 3.67. The predicted octanol–water partition coefficient (Wildman–Crippen LogP) is 0.00470. The molecule has 2 heterocycles. The van der Waals surface area contributed by atoms with E-state index in [0.717, 1.165) is 13.1 Å². The van der Waals surface area contributed by atoms with Crippen LogP contribution < -0.4 is 5.32 Å². The van der Waals surface area contributed by atoms with Gasteiger partial charge in [-0.25, -0.2) is 0 Å². The number of nitrogens with zero attached hydrogens (tertiary/aromatic N) is 2. The van der Waals surface area contributed by atoms with Crippen molar-refractivity contribution in [1.82, 2.24) is 15.5 Å². The van der Waals surface area contributed by atoms with E-state index in [1.165, 1.54) is 6.20 Å². The lowest BCUT2D eigenvalue weighted by Gasteiger charge is -2.24. The molecule has 0 bridgehead atoms. The first-order valence-electron chi connectivity index (χ1n) is 3.67. The van der Waals surface area contributed by atoms with Gasteiger partial charge in [-0.05, 0) is 0 Å². The number of aromatic nitrogens is 2. The van der Waals surface area contributed by atoms with Crippen molar-refractivity contribution in [2.45, 2.75) is 5.92 Å². The molecule has 2 N–H and O–H groups in total. The van der Waals surface area contributed by atoms with Crippen LogP contribution in [-0.4, -0.2) is 28.2 Å². The van der Waals surface area contributed by atoms with E-state index in [1.807, 2.05) is 0 Å². The van der Waals surface area contributed by atoms with E-state index in [0.29, 0.717) is 5.69 Å². The van der Waals surface area contributed by atoms with E-state index in [9.17, 15) is 10.1 Å². The molecule has 1 fully saturated rings. The zero-order valence-electron chi connectivity index (χ0n) is 6.28. The van der Waals surface area contributed by atoms with Gasteiger partial charge in [0.1, 0.15) is 11.9 Å². The molecule has 0 atom stereocenters. The van der Waals surface area contributed by atoms with Gasteiger partial charge in [0.25, 0.3) is 0 Å². The van der Waals surface area contributed by atoms with Crippen LogP contribution in [0.25, 0.3) is 0 Å². The molecule has 12 heavy (non-hydrogen) atoms. The topological polar surface area (TPSA) is 83.8 Å². The molecule has 0 spiro atoms. The Bertz CT molecular complexity index is 304. The van der Waals surface area contributed by atoms with Gasteiger partial charge in [-0.2, -0.15) is 5.10 Å². The zero-order chi connectivity index (χ0) is 8.55. The normalized spacial score (nSPS) is 17.3. The highest BCUT2D eigenvalue weighted by molar-refractivity contribution is 5.36. The molecule has 0 saturated carbocycles. The summed E-state index contributed by atoms with van der Waals surface area (Å²) in [5.74, 6) is 0.230. The largest absolute Gasteiger partial charge is 0.315 e. The van der Waals surface area contributed by atoms with Gasteiger partial charge < -0.3 is 5.32 Å². The minimum absolute atomic E-state index is 0.0986. The van der Waals surface area contributed by atoms with Gasteiger partial charge in [0.2, 0.25) is 0 Å². The van der Waals surface area contributed by atoms with Crippen LogP contribution >= 0.6 is 0 Å². The van der Waals surface area contributed by atoms with Gasteiger partial charge in [-0.15, -0.1) is 0 Å². The summed E-state index contributed by atoms with van der Waals surface area (Å²) in [4.78, 5) is 10.0. The van der Waals surface area contributed by atoms with E-state index >= 15 is 0 Å². The van der Waals surface area contributed by atoms with Crippen LogP contribution in [0.5, 0.6) is 0 Å². The van der Waals surface area contributed by atoms with E-state index in [-0.39, 0.29) is 11.6 Å². The second-order valence-electron chi connectivity index (χ2n) is 2.78. The van der Waals surface area contributed by atoms with Gasteiger partial charge in [0.15, 0.2) is 0 Å². The number of aromatic amines is 1. The lowest BCUT2D eigenvalue weighted by molar-refractivity contribution is -0.385. The minimum atomic E-state index is -0.406. The van der Waals surface area contributed by atoms with Crippen LogP contribution in [0.1, 0.15) is 11.6 Å². The van der Waals surface area contributed by atoms with E-state index in [1.54, 1.807) is 0 Å². The Hall–Kier alpha value is -1.43. The number of nitro groups is 1. The van der Waals surface area contributed by atoms with Crippen LogP contribution in [0.4, 0.5) is 5.69 Å². The van der Waals surface area contributed by atoms with Crippen molar-refractivity contribution < 1.29 is 4.92 Å². The van der Waals surface area contributed by atoms with Crippen molar-refractivity contribution in [2.75, 3.05) is 13.1 Å². The summed E-state index contributed by atoms with van der Waals surface area (Å²) in [6.07, 6.45) is 1.26. The third-order valence-corrected chi connectivity index (χ3v) is 2.03. The molecular formula is C6H8N4O2. The van der Waals surface area contributed by atoms with Gasteiger partial charge in [0, 0.05) is 19.0 Å². The van der Waals surface area contributed by atoms with E-state index in [2.05, 4.69) is 15.5 Å². The van der Waals surface area contributed by atoms with Gasteiger partial charge >= 0.3 is 5.69 Å². The summed E-state index contributed by atoms with van der Waals surface area (Å²) >= 11 is 0. The van der Waals surface area contributed by atoms with Crippen molar-refractivity contribution in [2.24, 2.45) is 0 Å². The van der Waals surface area contributed by atoms with Crippen LogP contribution in [0.15, 0.2) is 6.20 Å². The number of H-pyrrole nitrogens is 1. The first kappa shape index (κ1) is 7.23. The fourth-order valence-electron chi connectivity index (χ4n) is 1.23. The summed E-state index contributed by atoms with van der Waals surface area (Å²) in [5.41, 5.74) is 0.736. The lowest BCUT2D eigenvalue weighted by atomic mass is 9.99. The molecule has 1 saturated heterocycles. The predicted molar refractivity (Wildman–Crippen MR) is 40.9 cm³/mol. The Morgan fingerprint density at radius 2 is 2.42 bits per heavy atom. The molecule has 0 amide bonds. The number of nitrogens with one attached hydrogen (secondary N) is 2. The molecule has 6 nitrogen and oxygen atoms in total. The van der Waals surface area contributed by atoms with Crippen LogP contribution in [0.2, 0.25) is 0 Å². The standard InChI is InChI=1S/C6H8N4O2/c11-10(12)5-3-8-9-6(5)4-1-7-2-4/h3-4,7H,1-2H2,(H,8,9). The number of hydrogen-bond acceptors (Lipinski definition) is 4. The van der Waals surface area contributed by atoms with Gasteiger partial charge in [-0.3, -0.25) is 15.2 Å². The second-order valence-corrected chi connectivity index (χ2v) is 2.78.